The summed E-state index contributed by atoms with van der Waals surface area (Å²) in [7, 11) is 0. The first-order chi connectivity index (χ1) is 15.8. The van der Waals surface area contributed by atoms with Crippen LogP contribution in [-0.4, -0.2) is 25.5 Å². The molecular formula is C26H32N4O3. The molecule has 2 heterocycles. The van der Waals surface area contributed by atoms with Crippen LogP contribution in [0.2, 0.25) is 0 Å². The van der Waals surface area contributed by atoms with Crippen molar-refractivity contribution in [1.82, 2.24) is 5.43 Å². The fourth-order valence-corrected chi connectivity index (χ4v) is 4.39. The van der Waals surface area contributed by atoms with Gasteiger partial charge in [-0.2, -0.15) is 0 Å². The third kappa shape index (κ3) is 5.03. The number of benzene rings is 2. The summed E-state index contributed by atoms with van der Waals surface area (Å²) in [5.41, 5.74) is 6.29. The van der Waals surface area contributed by atoms with E-state index in [4.69, 9.17) is 10.3 Å². The number of hydrazine groups is 1. The summed E-state index contributed by atoms with van der Waals surface area (Å²) in [6, 6.07) is 12.8. The van der Waals surface area contributed by atoms with E-state index < -0.39 is 0 Å². The Morgan fingerprint density at radius 1 is 1.15 bits per heavy atom. The fourth-order valence-electron chi connectivity index (χ4n) is 4.39. The summed E-state index contributed by atoms with van der Waals surface area (Å²) >= 11 is 0. The van der Waals surface area contributed by atoms with Gasteiger partial charge in [0.1, 0.15) is 5.58 Å². The number of nitrogens with zero attached hydrogens (tertiary/aromatic N) is 1. The van der Waals surface area contributed by atoms with Gasteiger partial charge in [0, 0.05) is 31.4 Å². The van der Waals surface area contributed by atoms with E-state index in [9.17, 15) is 9.59 Å². The van der Waals surface area contributed by atoms with Gasteiger partial charge in [0.05, 0.1) is 10.9 Å². The minimum absolute atomic E-state index is 0.0149. The number of anilines is 2. The van der Waals surface area contributed by atoms with Crippen LogP contribution < -0.4 is 26.9 Å². The molecule has 4 rings (SSSR count). The number of carbonyl (C=O) groups is 1. The number of rotatable bonds is 6. The summed E-state index contributed by atoms with van der Waals surface area (Å²) in [6.45, 7) is 8.87. The molecule has 1 aromatic heterocycles. The molecule has 0 unspecified atom stereocenters. The number of nitrogens with two attached hydrogens (primary N) is 1. The van der Waals surface area contributed by atoms with E-state index in [0.717, 1.165) is 37.1 Å². The van der Waals surface area contributed by atoms with Crippen molar-refractivity contribution in [2.24, 2.45) is 11.3 Å². The second-order valence-corrected chi connectivity index (χ2v) is 9.60. The first-order valence-corrected chi connectivity index (χ1v) is 11.4. The maximum absolute atomic E-state index is 13.0. The molecule has 174 valence electrons. The lowest BCUT2D eigenvalue weighted by Gasteiger charge is -2.37. The number of nitrogens with one attached hydrogen (secondary N) is 2. The van der Waals surface area contributed by atoms with Crippen LogP contribution in [0.3, 0.4) is 0 Å². The molecule has 1 aliphatic rings. The van der Waals surface area contributed by atoms with Gasteiger partial charge in [-0.25, -0.2) is 5.84 Å². The van der Waals surface area contributed by atoms with Crippen LogP contribution in [0.5, 0.6) is 0 Å². The van der Waals surface area contributed by atoms with Crippen LogP contribution in [0.15, 0.2) is 51.7 Å². The Morgan fingerprint density at radius 3 is 2.61 bits per heavy atom. The second-order valence-electron chi connectivity index (χ2n) is 9.60. The molecule has 0 spiro atoms. The second kappa shape index (κ2) is 9.27. The van der Waals surface area contributed by atoms with Gasteiger partial charge in [-0.3, -0.25) is 15.0 Å². The van der Waals surface area contributed by atoms with Crippen molar-refractivity contribution in [3.63, 3.8) is 0 Å². The van der Waals surface area contributed by atoms with Gasteiger partial charge in [0.15, 0.2) is 11.3 Å². The number of amides is 1. The molecule has 2 aromatic carbocycles. The summed E-state index contributed by atoms with van der Waals surface area (Å²) in [5, 5.41) is 3.92. The van der Waals surface area contributed by atoms with E-state index >= 15 is 0 Å². The third-order valence-electron chi connectivity index (χ3n) is 6.48. The van der Waals surface area contributed by atoms with Crippen LogP contribution >= 0.6 is 0 Å². The summed E-state index contributed by atoms with van der Waals surface area (Å²) < 4.78 is 6.34. The van der Waals surface area contributed by atoms with Gasteiger partial charge < -0.3 is 14.6 Å². The summed E-state index contributed by atoms with van der Waals surface area (Å²) in [5.74, 6) is 5.60. The van der Waals surface area contributed by atoms with Crippen LogP contribution in [-0.2, 0) is 6.42 Å². The number of nitrogen functional groups attached to an aromatic ring is 1. The van der Waals surface area contributed by atoms with Crippen LogP contribution in [0.4, 0.5) is 11.6 Å². The van der Waals surface area contributed by atoms with Crippen molar-refractivity contribution in [3.05, 3.63) is 69.4 Å². The number of fused-ring (bicyclic) bond motifs is 1. The standard InChI is InChI=1S/C26H32N4O3/c1-17-14-18(8-11-28-21-7-5-4-6-19(21)25(32)29-27)24-20(15-17)22(31)16-23(33-24)30-12-9-26(2,3)10-13-30/h4-7,14-16,28H,8-13,27H2,1-3H3,(H,29,32). The number of aryl methyl sites for hydroxylation is 1. The predicted molar refractivity (Wildman–Crippen MR) is 133 cm³/mol. The summed E-state index contributed by atoms with van der Waals surface area (Å²) in [6.07, 6.45) is 2.76. The smallest absolute Gasteiger partial charge is 0.267 e. The number of para-hydroxylation sites is 1. The molecule has 3 aromatic rings. The van der Waals surface area contributed by atoms with E-state index in [1.54, 1.807) is 18.2 Å². The molecule has 0 bridgehead atoms. The Labute approximate surface area is 193 Å². The SMILES string of the molecule is Cc1cc(CCNc2ccccc2C(=O)NN)c2oc(N3CCC(C)(C)CC3)cc(=O)c2c1. The lowest BCUT2D eigenvalue weighted by Crippen LogP contribution is -2.37. The van der Waals surface area contributed by atoms with Crippen LogP contribution in [0, 0.1) is 12.3 Å². The number of hydrogen-bond acceptors (Lipinski definition) is 6. The number of carbonyl (C=O) groups excluding carboxylic acids is 1. The Balaban J connectivity index is 1.59. The highest BCUT2D eigenvalue weighted by Crippen LogP contribution is 2.33. The highest BCUT2D eigenvalue weighted by atomic mass is 16.4. The average Bonchev–Trinajstić information content (AvgIpc) is 2.79. The highest BCUT2D eigenvalue weighted by Gasteiger charge is 2.27. The molecule has 4 N–H and O–H groups in total. The van der Waals surface area contributed by atoms with Gasteiger partial charge in [0.25, 0.3) is 5.91 Å². The van der Waals surface area contributed by atoms with E-state index in [-0.39, 0.29) is 11.3 Å². The molecule has 0 aliphatic carbocycles. The number of hydrogen-bond donors (Lipinski definition) is 3. The summed E-state index contributed by atoms with van der Waals surface area (Å²) in [4.78, 5) is 27.2. The monoisotopic (exact) mass is 448 g/mol. The van der Waals surface area contributed by atoms with Crippen molar-refractivity contribution in [3.8, 4) is 0 Å². The van der Waals surface area contributed by atoms with Crippen molar-refractivity contribution >= 4 is 28.4 Å². The van der Waals surface area contributed by atoms with Gasteiger partial charge in [0.2, 0.25) is 0 Å². The molecule has 7 nitrogen and oxygen atoms in total. The normalized spacial score (nSPS) is 15.5. The molecule has 1 amide bonds. The fraction of sp³-hybridized carbons (Fsp3) is 0.385. The van der Waals surface area contributed by atoms with Crippen molar-refractivity contribution in [2.45, 2.75) is 40.0 Å². The van der Waals surface area contributed by atoms with E-state index in [2.05, 4.69) is 35.6 Å². The number of piperidine rings is 1. The lowest BCUT2D eigenvalue weighted by molar-refractivity contribution is 0.0954. The third-order valence-corrected chi connectivity index (χ3v) is 6.48. The topological polar surface area (TPSA) is 101 Å². The average molecular weight is 449 g/mol. The van der Waals surface area contributed by atoms with Gasteiger partial charge in [-0.05, 0) is 60.9 Å². The predicted octanol–water partition coefficient (Wildman–Crippen LogP) is 3.99. The quantitative estimate of drug-likeness (QED) is 0.300. The van der Waals surface area contributed by atoms with Gasteiger partial charge in [-0.1, -0.05) is 32.0 Å². The molecule has 33 heavy (non-hydrogen) atoms. The highest BCUT2D eigenvalue weighted by molar-refractivity contribution is 5.99. The maximum atomic E-state index is 13.0. The van der Waals surface area contributed by atoms with Gasteiger partial charge >= 0.3 is 0 Å². The first-order valence-electron chi connectivity index (χ1n) is 11.4. The molecule has 0 saturated carbocycles. The molecule has 1 saturated heterocycles. The van der Waals surface area contributed by atoms with Crippen molar-refractivity contribution in [1.29, 1.82) is 0 Å². The molecule has 0 radical (unpaired) electrons. The molecule has 7 heteroatoms. The van der Waals surface area contributed by atoms with E-state index in [1.807, 2.05) is 25.1 Å². The Bertz CT molecular complexity index is 1220. The Kier molecular flexibility index (Phi) is 6.42. The molecule has 1 fully saturated rings. The molecule has 1 aliphatic heterocycles. The minimum Gasteiger partial charge on any atom is -0.440 e. The lowest BCUT2D eigenvalue weighted by atomic mass is 9.83. The van der Waals surface area contributed by atoms with Crippen molar-refractivity contribution in [2.75, 3.05) is 29.9 Å². The van der Waals surface area contributed by atoms with E-state index in [0.29, 0.717) is 46.5 Å². The maximum Gasteiger partial charge on any atom is 0.267 e. The zero-order chi connectivity index (χ0) is 23.6. The largest absolute Gasteiger partial charge is 0.440 e. The first kappa shape index (κ1) is 22.9. The van der Waals surface area contributed by atoms with Crippen molar-refractivity contribution < 1.29 is 9.21 Å². The molecular weight excluding hydrogens is 416 g/mol. The van der Waals surface area contributed by atoms with Gasteiger partial charge in [-0.15, -0.1) is 0 Å². The Morgan fingerprint density at radius 2 is 1.88 bits per heavy atom. The zero-order valence-corrected chi connectivity index (χ0v) is 19.5. The van der Waals surface area contributed by atoms with Crippen LogP contribution in [0.1, 0.15) is 48.2 Å². The minimum atomic E-state index is -0.348. The Hall–Kier alpha value is -3.32. The van der Waals surface area contributed by atoms with Crippen LogP contribution in [0.25, 0.3) is 11.0 Å². The van der Waals surface area contributed by atoms with E-state index in [1.165, 1.54) is 0 Å². The zero-order valence-electron chi connectivity index (χ0n) is 19.5. The molecule has 0 atom stereocenters.